The predicted octanol–water partition coefficient (Wildman–Crippen LogP) is 6.25. The molecular formula is C38H48N4O8S. The Kier molecular flexibility index (Phi) is 10.5. The number of aryl methyl sites for hydroxylation is 2. The summed E-state index contributed by atoms with van der Waals surface area (Å²) in [5, 5.41) is 0. The molecule has 1 aliphatic carbocycles. The number of aromatic nitrogens is 2. The third-order valence-electron chi connectivity index (χ3n) is 8.98. The van der Waals surface area contributed by atoms with Crippen molar-refractivity contribution in [1.29, 1.82) is 0 Å². The molecule has 5 rings (SSSR count). The monoisotopic (exact) mass is 720 g/mol. The van der Waals surface area contributed by atoms with Gasteiger partial charge < -0.3 is 19.1 Å². The minimum absolute atomic E-state index is 0.0194. The highest BCUT2D eigenvalue weighted by molar-refractivity contribution is 7.92. The highest BCUT2D eigenvalue weighted by atomic mass is 32.2. The summed E-state index contributed by atoms with van der Waals surface area (Å²) in [5.74, 6) is -1.93. The number of sulfonamides is 1. The summed E-state index contributed by atoms with van der Waals surface area (Å²) in [4.78, 5) is 52.2. The van der Waals surface area contributed by atoms with Crippen molar-refractivity contribution in [3.63, 3.8) is 0 Å². The van der Waals surface area contributed by atoms with Gasteiger partial charge in [-0.3, -0.25) is 14.4 Å². The van der Waals surface area contributed by atoms with Gasteiger partial charge in [-0.2, -0.15) is 4.98 Å². The Morgan fingerprint density at radius 3 is 2.12 bits per heavy atom. The minimum atomic E-state index is -4.26. The van der Waals surface area contributed by atoms with Gasteiger partial charge >= 0.3 is 11.9 Å². The molecule has 2 aromatic carbocycles. The Morgan fingerprint density at radius 1 is 0.961 bits per heavy atom. The predicted molar refractivity (Wildman–Crippen MR) is 192 cm³/mol. The number of fused-ring (bicyclic) bond motifs is 4. The molecule has 1 fully saturated rings. The fourth-order valence-corrected chi connectivity index (χ4v) is 7.77. The lowest BCUT2D eigenvalue weighted by atomic mass is 9.64. The number of benzene rings is 2. The Hall–Kier alpha value is -4.52. The molecule has 0 spiro atoms. The lowest BCUT2D eigenvalue weighted by Gasteiger charge is -2.51. The van der Waals surface area contributed by atoms with Crippen molar-refractivity contribution in [1.82, 2.24) is 14.9 Å². The van der Waals surface area contributed by atoms with E-state index in [9.17, 15) is 22.8 Å². The highest BCUT2D eigenvalue weighted by Gasteiger charge is 2.61. The van der Waals surface area contributed by atoms with Crippen LogP contribution >= 0.6 is 0 Å². The molecule has 274 valence electrons. The Morgan fingerprint density at radius 2 is 1.55 bits per heavy atom. The topological polar surface area (TPSA) is 154 Å². The van der Waals surface area contributed by atoms with Crippen LogP contribution in [0.15, 0.2) is 53.4 Å². The number of carbonyl (C=O) groups excluding carboxylic acids is 3. The molecule has 0 unspecified atom stereocenters. The van der Waals surface area contributed by atoms with Crippen LogP contribution < -0.4 is 9.46 Å². The fourth-order valence-electron chi connectivity index (χ4n) is 6.78. The molecule has 12 nitrogen and oxygen atoms in total. The molecule has 13 heteroatoms. The van der Waals surface area contributed by atoms with Crippen LogP contribution in [0.2, 0.25) is 0 Å². The van der Waals surface area contributed by atoms with Crippen LogP contribution in [-0.2, 0) is 29.1 Å². The zero-order chi connectivity index (χ0) is 37.5. The number of anilines is 1. The van der Waals surface area contributed by atoms with Crippen molar-refractivity contribution in [3.05, 3.63) is 65.2 Å². The Bertz CT molecular complexity index is 1890. The van der Waals surface area contributed by atoms with E-state index in [0.29, 0.717) is 12.1 Å². The van der Waals surface area contributed by atoms with E-state index in [1.54, 1.807) is 44.7 Å². The molecule has 0 saturated heterocycles. The van der Waals surface area contributed by atoms with Gasteiger partial charge in [-0.25, -0.2) is 18.1 Å². The number of nitrogens with one attached hydrogen (secondary N) is 1. The van der Waals surface area contributed by atoms with Crippen LogP contribution in [0.25, 0.3) is 11.3 Å². The molecule has 1 saturated carbocycles. The molecule has 1 atom stereocenters. The van der Waals surface area contributed by atoms with Crippen molar-refractivity contribution >= 4 is 33.8 Å². The van der Waals surface area contributed by atoms with E-state index in [1.807, 2.05) is 52.8 Å². The lowest BCUT2D eigenvalue weighted by molar-refractivity contribution is -0.189. The number of nitrogens with zero attached hydrogens (tertiary/aromatic N) is 3. The SMILES string of the molecule is Cc1cccc(C)c1-c1cc2nc(n1)NS(=O)(=O)c1cccc(c1)C(=O)N(C1CC(C(=O)OC(C)C)(C(=O)OC(C)C)C1)[C@H](CC(C)(C)C)CO2. The number of carbonyl (C=O) groups is 3. The maximum atomic E-state index is 14.7. The summed E-state index contributed by atoms with van der Waals surface area (Å²) in [6.07, 6.45) is -0.556. The average molecular weight is 721 g/mol. The second-order valence-electron chi connectivity index (χ2n) is 15.3. The third-order valence-corrected chi connectivity index (χ3v) is 10.3. The van der Waals surface area contributed by atoms with Crippen molar-refractivity contribution < 1.29 is 37.0 Å². The molecule has 4 bridgehead atoms. The second kappa shape index (κ2) is 14.2. The first-order chi connectivity index (χ1) is 23.8. The summed E-state index contributed by atoms with van der Waals surface area (Å²) < 4.78 is 47.4. The molecule has 2 heterocycles. The average Bonchev–Trinajstić information content (AvgIpc) is 2.98. The summed E-state index contributed by atoms with van der Waals surface area (Å²) in [7, 11) is -4.26. The van der Waals surface area contributed by atoms with Gasteiger partial charge in [-0.1, -0.05) is 45.0 Å². The first kappa shape index (κ1) is 37.7. The summed E-state index contributed by atoms with van der Waals surface area (Å²) in [6, 6.07) is 12.0. The summed E-state index contributed by atoms with van der Waals surface area (Å²) in [5.41, 5.74) is 1.35. The van der Waals surface area contributed by atoms with Crippen molar-refractivity contribution in [2.24, 2.45) is 10.8 Å². The molecule has 0 radical (unpaired) electrons. The van der Waals surface area contributed by atoms with E-state index in [4.69, 9.17) is 14.2 Å². The first-order valence-electron chi connectivity index (χ1n) is 17.3. The molecule has 1 aliphatic heterocycles. The minimum Gasteiger partial charge on any atom is -0.475 e. The Labute approximate surface area is 300 Å². The summed E-state index contributed by atoms with van der Waals surface area (Å²) >= 11 is 0. The normalized spacial score (nSPS) is 18.8. The number of rotatable bonds is 7. The number of amides is 1. The van der Waals surface area contributed by atoms with Crippen LogP contribution in [0.4, 0.5) is 5.95 Å². The zero-order valence-corrected chi connectivity index (χ0v) is 31.6. The number of esters is 2. The van der Waals surface area contributed by atoms with Gasteiger partial charge in [-0.15, -0.1) is 0 Å². The first-order valence-corrected chi connectivity index (χ1v) is 18.7. The van der Waals surface area contributed by atoms with E-state index < -0.39 is 57.6 Å². The standard InChI is InChI=1S/C38H48N4O8S/c1-22(2)49-34(44)38(35(45)50-23(3)4)19-27(20-38)42-28(18-37(7,8)9)21-48-31-17-30(32-24(5)12-10-13-25(32)6)39-36(40-31)41-51(46,47)29-15-11-14-26(16-29)33(42)43/h10-17,22-23,27-28H,18-21H2,1-9H3,(H,39,40,41)/t28-/m1/s1. The number of hydrogen-bond acceptors (Lipinski definition) is 10. The molecule has 2 aliphatic rings. The van der Waals surface area contributed by atoms with Crippen LogP contribution in [0, 0.1) is 24.7 Å². The van der Waals surface area contributed by atoms with Gasteiger partial charge in [0.2, 0.25) is 11.8 Å². The van der Waals surface area contributed by atoms with E-state index in [2.05, 4.69) is 14.7 Å². The van der Waals surface area contributed by atoms with Gasteiger partial charge in [0.25, 0.3) is 15.9 Å². The lowest BCUT2D eigenvalue weighted by Crippen LogP contribution is -2.63. The quantitative estimate of drug-likeness (QED) is 0.219. The van der Waals surface area contributed by atoms with E-state index in [0.717, 1.165) is 16.7 Å². The smallest absolute Gasteiger partial charge is 0.323 e. The van der Waals surface area contributed by atoms with E-state index in [-0.39, 0.29) is 47.2 Å². The second-order valence-corrected chi connectivity index (χ2v) is 17.0. The van der Waals surface area contributed by atoms with Crippen LogP contribution in [0.3, 0.4) is 0 Å². The maximum Gasteiger partial charge on any atom is 0.323 e. The molecule has 3 aromatic rings. The van der Waals surface area contributed by atoms with Gasteiger partial charge in [0.05, 0.1) is 28.8 Å². The van der Waals surface area contributed by atoms with Crippen molar-refractivity contribution in [3.8, 4) is 17.1 Å². The summed E-state index contributed by atoms with van der Waals surface area (Å²) in [6.45, 7) is 16.8. The van der Waals surface area contributed by atoms with Crippen LogP contribution in [-0.4, -0.2) is 72.0 Å². The van der Waals surface area contributed by atoms with Gasteiger partial charge in [-0.05, 0) is 95.5 Å². The van der Waals surface area contributed by atoms with Gasteiger partial charge in [0, 0.05) is 23.2 Å². The van der Waals surface area contributed by atoms with Crippen LogP contribution in [0.5, 0.6) is 5.88 Å². The van der Waals surface area contributed by atoms with E-state index in [1.165, 1.54) is 18.2 Å². The van der Waals surface area contributed by atoms with Crippen molar-refractivity contribution in [2.75, 3.05) is 11.3 Å². The molecule has 1 N–H and O–H groups in total. The van der Waals surface area contributed by atoms with Crippen LogP contribution in [0.1, 0.15) is 89.2 Å². The molecular weight excluding hydrogens is 673 g/mol. The fraction of sp³-hybridized carbons (Fsp3) is 0.500. The number of ether oxygens (including phenoxy) is 3. The molecule has 1 aromatic heterocycles. The largest absolute Gasteiger partial charge is 0.475 e. The maximum absolute atomic E-state index is 14.7. The molecule has 51 heavy (non-hydrogen) atoms. The molecule has 1 amide bonds. The van der Waals surface area contributed by atoms with E-state index >= 15 is 0 Å². The zero-order valence-electron chi connectivity index (χ0n) is 30.8. The Balaban J connectivity index is 1.65. The van der Waals surface area contributed by atoms with Gasteiger partial charge in [0.1, 0.15) is 6.61 Å². The highest BCUT2D eigenvalue weighted by Crippen LogP contribution is 2.48. The van der Waals surface area contributed by atoms with Gasteiger partial charge in [0.15, 0.2) is 5.41 Å². The van der Waals surface area contributed by atoms with Crippen molar-refractivity contribution in [2.45, 2.75) is 111 Å². The third kappa shape index (κ3) is 8.19. The number of hydrogen-bond donors (Lipinski definition) is 1.